The minimum absolute atomic E-state index is 0.179. The van der Waals surface area contributed by atoms with Crippen LogP contribution in [0, 0.1) is 6.92 Å². The van der Waals surface area contributed by atoms with Gasteiger partial charge >= 0.3 is 0 Å². The molecule has 0 aliphatic heterocycles. The van der Waals surface area contributed by atoms with Crippen LogP contribution in [0.15, 0.2) is 29.0 Å². The van der Waals surface area contributed by atoms with E-state index in [0.717, 1.165) is 0 Å². The van der Waals surface area contributed by atoms with Gasteiger partial charge in [0.2, 0.25) is 5.76 Å². The number of nitrogens with two attached hydrogens (primary N) is 1. The summed E-state index contributed by atoms with van der Waals surface area (Å²) in [6.07, 6.45) is 1.22. The second-order valence-corrected chi connectivity index (χ2v) is 3.86. The van der Waals surface area contributed by atoms with E-state index in [-0.39, 0.29) is 11.7 Å². The Morgan fingerprint density at radius 3 is 2.88 bits per heavy atom. The Morgan fingerprint density at radius 1 is 1.53 bits per heavy atom. The van der Waals surface area contributed by atoms with E-state index in [2.05, 4.69) is 10.3 Å². The van der Waals surface area contributed by atoms with Gasteiger partial charge in [0.05, 0.1) is 16.4 Å². The van der Waals surface area contributed by atoms with Gasteiger partial charge in [0, 0.05) is 5.69 Å². The van der Waals surface area contributed by atoms with Crippen LogP contribution >= 0.6 is 11.6 Å². The van der Waals surface area contributed by atoms with E-state index in [0.29, 0.717) is 22.1 Å². The van der Waals surface area contributed by atoms with Gasteiger partial charge in [0.15, 0.2) is 6.39 Å². The van der Waals surface area contributed by atoms with Crippen LogP contribution in [-0.4, -0.2) is 10.9 Å². The molecule has 5 nitrogen and oxygen atoms in total. The third-order valence-electron chi connectivity index (χ3n) is 2.21. The number of oxazole rings is 1. The highest BCUT2D eigenvalue weighted by atomic mass is 35.5. The predicted molar refractivity (Wildman–Crippen MR) is 65.1 cm³/mol. The molecule has 0 saturated heterocycles. The molecule has 2 aromatic rings. The number of carbonyl (C=O) groups excluding carboxylic acids is 1. The highest BCUT2D eigenvalue weighted by molar-refractivity contribution is 6.33. The van der Waals surface area contributed by atoms with Crippen molar-refractivity contribution in [2.24, 2.45) is 0 Å². The van der Waals surface area contributed by atoms with E-state index < -0.39 is 0 Å². The fraction of sp³-hybridized carbons (Fsp3) is 0.0909. The quantitative estimate of drug-likeness (QED) is 0.804. The van der Waals surface area contributed by atoms with E-state index in [1.54, 1.807) is 25.1 Å². The largest absolute Gasteiger partial charge is 0.438 e. The SMILES string of the molecule is Cc1ncoc1C(=O)Nc1ccc(Cl)c(N)c1. The minimum atomic E-state index is -0.373. The van der Waals surface area contributed by atoms with Crippen molar-refractivity contribution in [3.05, 3.63) is 41.1 Å². The number of anilines is 2. The van der Waals surface area contributed by atoms with Crippen molar-refractivity contribution in [2.45, 2.75) is 6.92 Å². The second-order valence-electron chi connectivity index (χ2n) is 3.46. The summed E-state index contributed by atoms with van der Waals surface area (Å²) in [5.41, 5.74) is 7.11. The number of rotatable bonds is 2. The molecule has 2 rings (SSSR count). The number of nitrogens with zero attached hydrogens (tertiary/aromatic N) is 1. The lowest BCUT2D eigenvalue weighted by atomic mass is 10.2. The van der Waals surface area contributed by atoms with Crippen molar-refractivity contribution in [1.82, 2.24) is 4.98 Å². The lowest BCUT2D eigenvalue weighted by Gasteiger charge is -2.05. The molecule has 88 valence electrons. The lowest BCUT2D eigenvalue weighted by molar-refractivity contribution is 0.0996. The first kappa shape index (κ1) is 11.5. The average Bonchev–Trinajstić information content (AvgIpc) is 2.70. The Bertz CT molecular complexity index is 566. The number of amides is 1. The van der Waals surface area contributed by atoms with Gasteiger partial charge in [-0.15, -0.1) is 0 Å². The van der Waals surface area contributed by atoms with Gasteiger partial charge in [0.25, 0.3) is 5.91 Å². The van der Waals surface area contributed by atoms with Gasteiger partial charge in [-0.3, -0.25) is 4.79 Å². The van der Waals surface area contributed by atoms with Crippen LogP contribution in [-0.2, 0) is 0 Å². The Labute approximate surface area is 103 Å². The van der Waals surface area contributed by atoms with Crippen LogP contribution in [0.5, 0.6) is 0 Å². The summed E-state index contributed by atoms with van der Waals surface area (Å²) in [7, 11) is 0. The molecule has 0 bridgehead atoms. The van der Waals surface area contributed by atoms with Gasteiger partial charge in [-0.2, -0.15) is 0 Å². The molecule has 17 heavy (non-hydrogen) atoms. The van der Waals surface area contributed by atoms with E-state index in [1.165, 1.54) is 6.39 Å². The molecule has 0 spiro atoms. The van der Waals surface area contributed by atoms with Gasteiger partial charge in [-0.05, 0) is 25.1 Å². The summed E-state index contributed by atoms with van der Waals surface area (Å²) >= 11 is 5.78. The highest BCUT2D eigenvalue weighted by Gasteiger charge is 2.14. The molecular weight excluding hydrogens is 242 g/mol. The summed E-state index contributed by atoms with van der Waals surface area (Å²) < 4.78 is 4.97. The second kappa shape index (κ2) is 4.47. The first-order chi connectivity index (χ1) is 8.08. The summed E-state index contributed by atoms with van der Waals surface area (Å²) in [4.78, 5) is 15.6. The number of hydrogen-bond acceptors (Lipinski definition) is 4. The van der Waals surface area contributed by atoms with Crippen LogP contribution in [0.4, 0.5) is 11.4 Å². The zero-order valence-electron chi connectivity index (χ0n) is 9.03. The smallest absolute Gasteiger partial charge is 0.293 e. The molecule has 0 unspecified atom stereocenters. The summed E-state index contributed by atoms with van der Waals surface area (Å²) in [6, 6.07) is 4.84. The van der Waals surface area contributed by atoms with Gasteiger partial charge < -0.3 is 15.5 Å². The van der Waals surface area contributed by atoms with E-state index in [4.69, 9.17) is 21.8 Å². The van der Waals surface area contributed by atoms with E-state index in [1.807, 2.05) is 0 Å². The fourth-order valence-electron chi connectivity index (χ4n) is 1.33. The number of nitrogens with one attached hydrogen (secondary N) is 1. The molecule has 3 N–H and O–H groups in total. The monoisotopic (exact) mass is 251 g/mol. The topological polar surface area (TPSA) is 81.2 Å². The third kappa shape index (κ3) is 2.39. The summed E-state index contributed by atoms with van der Waals surface area (Å²) in [6.45, 7) is 1.69. The maximum Gasteiger partial charge on any atom is 0.293 e. The van der Waals surface area contributed by atoms with Crippen molar-refractivity contribution in [1.29, 1.82) is 0 Å². The van der Waals surface area contributed by atoms with Crippen molar-refractivity contribution < 1.29 is 9.21 Å². The van der Waals surface area contributed by atoms with Crippen LogP contribution < -0.4 is 11.1 Å². The van der Waals surface area contributed by atoms with E-state index in [9.17, 15) is 4.79 Å². The summed E-state index contributed by atoms with van der Waals surface area (Å²) in [5.74, 6) is -0.194. The molecule has 0 radical (unpaired) electrons. The number of carbonyl (C=O) groups is 1. The molecule has 1 aromatic heterocycles. The molecule has 0 atom stereocenters. The van der Waals surface area contributed by atoms with Crippen molar-refractivity contribution in [3.63, 3.8) is 0 Å². The maximum atomic E-state index is 11.8. The average molecular weight is 252 g/mol. The lowest BCUT2D eigenvalue weighted by Crippen LogP contribution is -2.12. The molecule has 0 aliphatic carbocycles. The number of aromatic nitrogens is 1. The van der Waals surface area contributed by atoms with E-state index >= 15 is 0 Å². The van der Waals surface area contributed by atoms with Crippen LogP contribution in [0.25, 0.3) is 0 Å². The number of hydrogen-bond donors (Lipinski definition) is 2. The molecule has 6 heteroatoms. The molecule has 1 heterocycles. The van der Waals surface area contributed by atoms with Crippen LogP contribution in [0.1, 0.15) is 16.2 Å². The Kier molecular flexibility index (Phi) is 3.01. The van der Waals surface area contributed by atoms with Crippen molar-refractivity contribution in [3.8, 4) is 0 Å². The minimum Gasteiger partial charge on any atom is -0.438 e. The molecule has 1 amide bonds. The first-order valence-corrected chi connectivity index (χ1v) is 5.22. The predicted octanol–water partition coefficient (Wildman–Crippen LogP) is 2.47. The van der Waals surface area contributed by atoms with Crippen molar-refractivity contribution >= 4 is 28.9 Å². The molecule has 0 fully saturated rings. The summed E-state index contributed by atoms with van der Waals surface area (Å²) in [5, 5.41) is 3.09. The fourth-order valence-corrected chi connectivity index (χ4v) is 1.45. The van der Waals surface area contributed by atoms with Gasteiger partial charge in [-0.1, -0.05) is 11.6 Å². The van der Waals surface area contributed by atoms with Gasteiger partial charge in [-0.25, -0.2) is 4.98 Å². The number of benzene rings is 1. The number of nitrogen functional groups attached to an aromatic ring is 1. The third-order valence-corrected chi connectivity index (χ3v) is 2.55. The molecule has 1 aromatic carbocycles. The molecule has 0 aliphatic rings. The number of aryl methyl sites for hydroxylation is 1. The van der Waals surface area contributed by atoms with Crippen LogP contribution in [0.3, 0.4) is 0 Å². The Balaban J connectivity index is 2.19. The van der Waals surface area contributed by atoms with Crippen LogP contribution in [0.2, 0.25) is 5.02 Å². The maximum absolute atomic E-state index is 11.8. The highest BCUT2D eigenvalue weighted by Crippen LogP contribution is 2.22. The van der Waals surface area contributed by atoms with Gasteiger partial charge in [0.1, 0.15) is 0 Å². The normalized spacial score (nSPS) is 10.2. The first-order valence-electron chi connectivity index (χ1n) is 4.84. The standard InChI is InChI=1S/C11H10ClN3O2/c1-6-10(17-5-14-6)11(16)15-7-2-3-8(12)9(13)4-7/h2-5H,13H2,1H3,(H,15,16). The molecule has 0 saturated carbocycles. The zero-order chi connectivity index (χ0) is 12.4. The Morgan fingerprint density at radius 2 is 2.29 bits per heavy atom. The number of halogens is 1. The van der Waals surface area contributed by atoms with Crippen molar-refractivity contribution in [2.75, 3.05) is 11.1 Å². The molecular formula is C11H10ClN3O2. The Hall–Kier alpha value is -2.01. The zero-order valence-corrected chi connectivity index (χ0v) is 9.78.